The van der Waals surface area contributed by atoms with Crippen LogP contribution in [0.15, 0.2) is 42.5 Å². The van der Waals surface area contributed by atoms with Crippen LogP contribution in [0.1, 0.15) is 43.0 Å². The van der Waals surface area contributed by atoms with Gasteiger partial charge in [0.15, 0.2) is 0 Å². The Kier molecular flexibility index (Phi) is 5.73. The molecule has 0 spiro atoms. The Morgan fingerprint density at radius 3 is 2.17 bits per heavy atom. The van der Waals surface area contributed by atoms with Gasteiger partial charge in [-0.1, -0.05) is 61.9 Å². The molecule has 1 fully saturated rings. The lowest BCUT2D eigenvalue weighted by molar-refractivity contribution is -0.133. The minimum atomic E-state index is -1.18. The molecule has 3 rings (SSSR count). The van der Waals surface area contributed by atoms with E-state index >= 15 is 0 Å². The second-order valence-electron chi connectivity index (χ2n) is 7.52. The molecule has 0 radical (unpaired) electrons. The molecule has 0 bridgehead atoms. The SMILES string of the molecule is CCc1cccc(CC)c1NC(=O)CN1C(=O)N[C@@](C)(c2ccc(C)cc2)C1=O. The first-order valence-electron chi connectivity index (χ1n) is 9.92. The summed E-state index contributed by atoms with van der Waals surface area (Å²) in [5.74, 6) is -0.821. The first-order valence-corrected chi connectivity index (χ1v) is 9.92. The largest absolute Gasteiger partial charge is 0.325 e. The average molecular weight is 393 g/mol. The Morgan fingerprint density at radius 1 is 1.03 bits per heavy atom. The molecule has 2 N–H and O–H groups in total. The van der Waals surface area contributed by atoms with Gasteiger partial charge in [-0.2, -0.15) is 0 Å². The molecule has 0 saturated carbocycles. The Morgan fingerprint density at radius 2 is 1.62 bits per heavy atom. The smallest absolute Gasteiger partial charge is 0.324 e. The number of aryl methyl sites for hydroxylation is 3. The Hall–Kier alpha value is -3.15. The number of amides is 4. The van der Waals surface area contributed by atoms with Crippen molar-refractivity contribution in [1.29, 1.82) is 0 Å². The molecule has 1 aliphatic heterocycles. The molecule has 1 saturated heterocycles. The summed E-state index contributed by atoms with van der Waals surface area (Å²) in [6.45, 7) is 7.34. The summed E-state index contributed by atoms with van der Waals surface area (Å²) in [6, 6.07) is 12.8. The van der Waals surface area contributed by atoms with E-state index in [1.54, 1.807) is 6.92 Å². The van der Waals surface area contributed by atoms with E-state index in [1.165, 1.54) is 0 Å². The zero-order chi connectivity index (χ0) is 21.2. The zero-order valence-electron chi connectivity index (χ0n) is 17.3. The topological polar surface area (TPSA) is 78.5 Å². The Balaban J connectivity index is 1.79. The highest BCUT2D eigenvalue weighted by Gasteiger charge is 2.49. The number of carbonyl (C=O) groups excluding carboxylic acids is 3. The Labute approximate surface area is 171 Å². The highest BCUT2D eigenvalue weighted by atomic mass is 16.2. The number of nitrogens with zero attached hydrogens (tertiary/aromatic N) is 1. The maximum atomic E-state index is 13.0. The number of hydrogen-bond donors (Lipinski definition) is 2. The van der Waals surface area contributed by atoms with Crippen LogP contribution in [0.3, 0.4) is 0 Å². The molecule has 6 nitrogen and oxygen atoms in total. The van der Waals surface area contributed by atoms with Crippen molar-refractivity contribution in [1.82, 2.24) is 10.2 Å². The van der Waals surface area contributed by atoms with Crippen molar-refractivity contribution < 1.29 is 14.4 Å². The van der Waals surface area contributed by atoms with Crippen molar-refractivity contribution in [3.05, 3.63) is 64.7 Å². The lowest BCUT2D eigenvalue weighted by Gasteiger charge is -2.22. The number of carbonyl (C=O) groups is 3. The predicted octanol–water partition coefficient (Wildman–Crippen LogP) is 3.53. The van der Waals surface area contributed by atoms with E-state index < -0.39 is 23.4 Å². The summed E-state index contributed by atoms with van der Waals surface area (Å²) < 4.78 is 0. The summed E-state index contributed by atoms with van der Waals surface area (Å²) in [6.07, 6.45) is 1.55. The number of rotatable bonds is 6. The molecule has 1 atom stereocenters. The molecular formula is C23H27N3O3. The van der Waals surface area contributed by atoms with Crippen molar-refractivity contribution in [3.63, 3.8) is 0 Å². The molecule has 1 aliphatic rings. The fourth-order valence-electron chi connectivity index (χ4n) is 3.65. The second kappa shape index (κ2) is 8.07. The van der Waals surface area contributed by atoms with Gasteiger partial charge in [-0.25, -0.2) is 4.79 Å². The third-order valence-corrected chi connectivity index (χ3v) is 5.47. The number of benzene rings is 2. The van der Waals surface area contributed by atoms with Crippen molar-refractivity contribution in [2.24, 2.45) is 0 Å². The number of para-hydroxylation sites is 1. The van der Waals surface area contributed by atoms with E-state index in [4.69, 9.17) is 0 Å². The van der Waals surface area contributed by atoms with Gasteiger partial charge in [-0.3, -0.25) is 14.5 Å². The van der Waals surface area contributed by atoms with Crippen LogP contribution in [-0.4, -0.2) is 29.3 Å². The van der Waals surface area contributed by atoms with Gasteiger partial charge in [0.1, 0.15) is 12.1 Å². The van der Waals surface area contributed by atoms with E-state index in [2.05, 4.69) is 10.6 Å². The van der Waals surface area contributed by atoms with Crippen LogP contribution in [0.4, 0.5) is 10.5 Å². The van der Waals surface area contributed by atoms with Crippen LogP contribution in [-0.2, 0) is 28.0 Å². The van der Waals surface area contributed by atoms with Gasteiger partial charge in [-0.05, 0) is 43.4 Å². The summed E-state index contributed by atoms with van der Waals surface area (Å²) >= 11 is 0. The number of imide groups is 1. The van der Waals surface area contributed by atoms with Gasteiger partial charge in [0.05, 0.1) is 0 Å². The number of nitrogens with one attached hydrogen (secondary N) is 2. The van der Waals surface area contributed by atoms with E-state index in [-0.39, 0.29) is 6.54 Å². The van der Waals surface area contributed by atoms with Crippen LogP contribution < -0.4 is 10.6 Å². The quantitative estimate of drug-likeness (QED) is 0.737. The van der Waals surface area contributed by atoms with Crippen LogP contribution in [0.2, 0.25) is 0 Å². The van der Waals surface area contributed by atoms with Gasteiger partial charge < -0.3 is 10.6 Å². The lowest BCUT2D eigenvalue weighted by atomic mass is 9.91. The molecular weight excluding hydrogens is 366 g/mol. The van der Waals surface area contributed by atoms with Crippen LogP contribution in [0.5, 0.6) is 0 Å². The number of hydrogen-bond acceptors (Lipinski definition) is 3. The van der Waals surface area contributed by atoms with E-state index in [0.717, 1.165) is 40.1 Å². The highest BCUT2D eigenvalue weighted by molar-refractivity contribution is 6.10. The molecule has 152 valence electrons. The molecule has 6 heteroatoms. The molecule has 0 aliphatic carbocycles. The fourth-order valence-corrected chi connectivity index (χ4v) is 3.65. The minimum Gasteiger partial charge on any atom is -0.324 e. The third kappa shape index (κ3) is 3.88. The van der Waals surface area contributed by atoms with E-state index in [9.17, 15) is 14.4 Å². The van der Waals surface area contributed by atoms with Gasteiger partial charge >= 0.3 is 6.03 Å². The zero-order valence-corrected chi connectivity index (χ0v) is 17.3. The number of urea groups is 1. The molecule has 2 aromatic rings. The van der Waals surface area contributed by atoms with Gasteiger partial charge in [0.25, 0.3) is 5.91 Å². The molecule has 0 unspecified atom stereocenters. The summed E-state index contributed by atoms with van der Waals surface area (Å²) in [5.41, 5.74) is 3.40. The van der Waals surface area contributed by atoms with E-state index in [1.807, 2.05) is 63.2 Å². The van der Waals surface area contributed by atoms with Crippen molar-refractivity contribution in [2.45, 2.75) is 46.1 Å². The molecule has 4 amide bonds. The standard InChI is InChI=1S/C23H27N3O3/c1-5-16-8-7-9-17(6-2)20(16)24-19(27)14-26-21(28)23(4,25-22(26)29)18-12-10-15(3)11-13-18/h7-13H,5-6,14H2,1-4H3,(H,24,27)(H,25,29)/t23-/m0/s1. The lowest BCUT2D eigenvalue weighted by Crippen LogP contribution is -2.42. The fraction of sp³-hybridized carbons (Fsp3) is 0.348. The van der Waals surface area contributed by atoms with Crippen LogP contribution in [0, 0.1) is 6.92 Å². The monoisotopic (exact) mass is 393 g/mol. The maximum absolute atomic E-state index is 13.0. The van der Waals surface area contributed by atoms with Crippen LogP contribution in [0.25, 0.3) is 0 Å². The summed E-state index contributed by atoms with van der Waals surface area (Å²) in [7, 11) is 0. The average Bonchev–Trinajstić information content (AvgIpc) is 2.92. The van der Waals surface area contributed by atoms with Gasteiger partial charge in [0, 0.05) is 5.69 Å². The van der Waals surface area contributed by atoms with E-state index in [0.29, 0.717) is 5.56 Å². The molecule has 1 heterocycles. The van der Waals surface area contributed by atoms with Crippen molar-refractivity contribution in [2.75, 3.05) is 11.9 Å². The maximum Gasteiger partial charge on any atom is 0.325 e. The van der Waals surface area contributed by atoms with Crippen molar-refractivity contribution in [3.8, 4) is 0 Å². The summed E-state index contributed by atoms with van der Waals surface area (Å²) in [5, 5.41) is 5.65. The first-order chi connectivity index (χ1) is 13.8. The summed E-state index contributed by atoms with van der Waals surface area (Å²) in [4.78, 5) is 39.2. The highest BCUT2D eigenvalue weighted by Crippen LogP contribution is 2.29. The minimum absolute atomic E-state index is 0.326. The van der Waals surface area contributed by atoms with Gasteiger partial charge in [0.2, 0.25) is 5.91 Å². The van der Waals surface area contributed by atoms with Crippen LogP contribution >= 0.6 is 0 Å². The molecule has 29 heavy (non-hydrogen) atoms. The molecule has 0 aromatic heterocycles. The third-order valence-electron chi connectivity index (χ3n) is 5.47. The van der Waals surface area contributed by atoms with Crippen molar-refractivity contribution >= 4 is 23.5 Å². The molecule has 2 aromatic carbocycles. The number of anilines is 1. The van der Waals surface area contributed by atoms with Gasteiger partial charge in [-0.15, -0.1) is 0 Å². The Bertz CT molecular complexity index is 930. The normalized spacial score (nSPS) is 18.7. The predicted molar refractivity (Wildman–Crippen MR) is 113 cm³/mol. The first kappa shape index (κ1) is 20.6. The second-order valence-corrected chi connectivity index (χ2v) is 7.52.